The summed E-state index contributed by atoms with van der Waals surface area (Å²) in [5.41, 5.74) is 10.4. The first-order chi connectivity index (χ1) is 15.3. The number of sulfonamides is 1. The van der Waals surface area contributed by atoms with E-state index in [9.17, 15) is 13.2 Å². The SMILES string of the molecule is CS(=O)(=O)Nc1cncc(-c2cnc3[nH]nc(-c4cc5c(C(N)=O)cccc5[nH]4)c3c2)c1. The molecule has 0 aliphatic carbocycles. The number of primary amides is 1. The van der Waals surface area contributed by atoms with E-state index in [0.717, 1.165) is 22.7 Å². The first-order valence-corrected chi connectivity index (χ1v) is 11.4. The Balaban J connectivity index is 1.61. The van der Waals surface area contributed by atoms with Gasteiger partial charge in [0.1, 0.15) is 5.69 Å². The van der Waals surface area contributed by atoms with Crippen molar-refractivity contribution in [3.63, 3.8) is 0 Å². The van der Waals surface area contributed by atoms with Crippen LogP contribution in [0.3, 0.4) is 0 Å². The first-order valence-electron chi connectivity index (χ1n) is 9.48. The number of anilines is 1. The summed E-state index contributed by atoms with van der Waals surface area (Å²) in [6, 6.07) is 10.7. The van der Waals surface area contributed by atoms with Crippen LogP contribution in [0.2, 0.25) is 0 Å². The molecule has 4 heterocycles. The molecule has 10 nitrogen and oxygen atoms in total. The van der Waals surface area contributed by atoms with Crippen LogP contribution in [0.4, 0.5) is 5.69 Å². The Hall–Kier alpha value is -4.25. The number of carbonyl (C=O) groups is 1. The summed E-state index contributed by atoms with van der Waals surface area (Å²) in [5.74, 6) is -0.507. The molecular weight excluding hydrogens is 430 g/mol. The van der Waals surface area contributed by atoms with Gasteiger partial charge in [0.2, 0.25) is 15.9 Å². The predicted octanol–water partition coefficient (Wildman–Crippen LogP) is 2.64. The molecule has 4 aromatic heterocycles. The third-order valence-electron chi connectivity index (χ3n) is 4.98. The van der Waals surface area contributed by atoms with E-state index in [1.165, 1.54) is 6.20 Å². The maximum Gasteiger partial charge on any atom is 0.249 e. The van der Waals surface area contributed by atoms with Gasteiger partial charge in [-0.1, -0.05) is 6.07 Å². The summed E-state index contributed by atoms with van der Waals surface area (Å²) in [4.78, 5) is 23.6. The highest BCUT2D eigenvalue weighted by atomic mass is 32.2. The van der Waals surface area contributed by atoms with Crippen LogP contribution in [0.5, 0.6) is 0 Å². The van der Waals surface area contributed by atoms with Gasteiger partial charge in [0.05, 0.1) is 23.8 Å². The largest absolute Gasteiger partial charge is 0.366 e. The zero-order valence-electron chi connectivity index (χ0n) is 16.7. The van der Waals surface area contributed by atoms with E-state index in [2.05, 4.69) is 29.9 Å². The number of amides is 1. The standard InChI is InChI=1S/C21H17N7O3S/c1-32(30,31)28-13-5-11(8-23-10-13)12-6-16-19(26-27-21(16)24-9-12)18-7-15-14(20(22)29)3-2-4-17(15)25-18/h2-10,25,28H,1H3,(H2,22,29)(H,24,26,27). The molecule has 0 unspecified atom stereocenters. The number of benzene rings is 1. The molecule has 11 heteroatoms. The Morgan fingerprint density at radius 3 is 2.66 bits per heavy atom. The summed E-state index contributed by atoms with van der Waals surface area (Å²) in [6.45, 7) is 0. The van der Waals surface area contributed by atoms with E-state index in [4.69, 9.17) is 5.73 Å². The fourth-order valence-electron chi connectivity index (χ4n) is 3.63. The van der Waals surface area contributed by atoms with Gasteiger partial charge in [-0.25, -0.2) is 13.4 Å². The second kappa shape index (κ2) is 7.17. The number of nitrogens with zero attached hydrogens (tertiary/aromatic N) is 3. The lowest BCUT2D eigenvalue weighted by Crippen LogP contribution is -2.10. The minimum absolute atomic E-state index is 0.354. The van der Waals surface area contributed by atoms with Crippen LogP contribution < -0.4 is 10.5 Å². The summed E-state index contributed by atoms with van der Waals surface area (Å²) < 4.78 is 25.5. The molecule has 0 saturated carbocycles. The normalized spacial score (nSPS) is 11.8. The molecule has 0 radical (unpaired) electrons. The Labute approximate surface area is 181 Å². The van der Waals surface area contributed by atoms with Crippen LogP contribution in [0.15, 0.2) is 55.0 Å². The van der Waals surface area contributed by atoms with Crippen molar-refractivity contribution in [2.45, 2.75) is 0 Å². The third kappa shape index (κ3) is 3.54. The zero-order chi connectivity index (χ0) is 22.5. The molecule has 1 amide bonds. The highest BCUT2D eigenvalue weighted by Crippen LogP contribution is 2.32. The lowest BCUT2D eigenvalue weighted by Gasteiger charge is -2.06. The van der Waals surface area contributed by atoms with Crippen molar-refractivity contribution in [1.29, 1.82) is 0 Å². The number of H-pyrrole nitrogens is 2. The van der Waals surface area contributed by atoms with Crippen LogP contribution >= 0.6 is 0 Å². The number of carbonyl (C=O) groups excluding carboxylic acids is 1. The van der Waals surface area contributed by atoms with Crippen molar-refractivity contribution in [2.75, 3.05) is 11.0 Å². The molecule has 5 rings (SSSR count). The quantitative estimate of drug-likeness (QED) is 0.324. The summed E-state index contributed by atoms with van der Waals surface area (Å²) in [6.07, 6.45) is 5.79. The summed E-state index contributed by atoms with van der Waals surface area (Å²) in [5, 5.41) is 8.76. The molecule has 0 atom stereocenters. The highest BCUT2D eigenvalue weighted by Gasteiger charge is 2.16. The molecule has 0 bridgehead atoms. The molecule has 0 spiro atoms. The van der Waals surface area contributed by atoms with Crippen LogP contribution in [-0.4, -0.2) is 45.7 Å². The molecule has 0 aliphatic rings. The Kier molecular flexibility index (Phi) is 4.41. The molecule has 5 aromatic rings. The third-order valence-corrected chi connectivity index (χ3v) is 5.58. The molecule has 0 saturated heterocycles. The number of nitrogens with one attached hydrogen (secondary N) is 3. The molecular formula is C21H17N7O3S. The van der Waals surface area contributed by atoms with Crippen LogP contribution in [0, 0.1) is 0 Å². The van der Waals surface area contributed by atoms with E-state index >= 15 is 0 Å². The average molecular weight is 447 g/mol. The van der Waals surface area contributed by atoms with Gasteiger partial charge >= 0.3 is 0 Å². The molecule has 0 fully saturated rings. The van der Waals surface area contributed by atoms with Gasteiger partial charge in [-0.2, -0.15) is 5.10 Å². The first kappa shape index (κ1) is 19.7. The van der Waals surface area contributed by atoms with Gasteiger partial charge in [-0.3, -0.25) is 19.6 Å². The Morgan fingerprint density at radius 2 is 1.88 bits per heavy atom. The van der Waals surface area contributed by atoms with Gasteiger partial charge in [0, 0.05) is 45.4 Å². The maximum atomic E-state index is 11.8. The fraction of sp³-hybridized carbons (Fsp3) is 0.0476. The van der Waals surface area contributed by atoms with E-state index in [0.29, 0.717) is 39.2 Å². The van der Waals surface area contributed by atoms with Gasteiger partial charge in [-0.05, 0) is 30.3 Å². The van der Waals surface area contributed by atoms with Crippen molar-refractivity contribution in [1.82, 2.24) is 25.1 Å². The maximum absolute atomic E-state index is 11.8. The summed E-state index contributed by atoms with van der Waals surface area (Å²) >= 11 is 0. The van der Waals surface area contributed by atoms with E-state index < -0.39 is 15.9 Å². The van der Waals surface area contributed by atoms with Crippen molar-refractivity contribution < 1.29 is 13.2 Å². The highest BCUT2D eigenvalue weighted by molar-refractivity contribution is 7.92. The van der Waals surface area contributed by atoms with Gasteiger partial charge in [-0.15, -0.1) is 0 Å². The number of fused-ring (bicyclic) bond motifs is 2. The molecule has 1 aromatic carbocycles. The number of hydrogen-bond acceptors (Lipinski definition) is 6. The number of pyridine rings is 2. The Bertz CT molecular complexity index is 1620. The van der Waals surface area contributed by atoms with Crippen LogP contribution in [-0.2, 0) is 10.0 Å². The second-order valence-electron chi connectivity index (χ2n) is 7.34. The molecule has 160 valence electrons. The van der Waals surface area contributed by atoms with Crippen molar-refractivity contribution in [3.8, 4) is 22.5 Å². The number of rotatable bonds is 5. The van der Waals surface area contributed by atoms with Crippen molar-refractivity contribution in [2.24, 2.45) is 5.73 Å². The topological polar surface area (TPSA) is 160 Å². The molecule has 0 aliphatic heterocycles. The fourth-order valence-corrected chi connectivity index (χ4v) is 4.17. The molecule has 32 heavy (non-hydrogen) atoms. The van der Waals surface area contributed by atoms with Crippen molar-refractivity contribution in [3.05, 3.63) is 60.6 Å². The van der Waals surface area contributed by atoms with E-state index in [1.54, 1.807) is 30.6 Å². The molecule has 5 N–H and O–H groups in total. The smallest absolute Gasteiger partial charge is 0.249 e. The van der Waals surface area contributed by atoms with Gasteiger partial charge in [0.25, 0.3) is 0 Å². The summed E-state index contributed by atoms with van der Waals surface area (Å²) in [7, 11) is -3.42. The lowest BCUT2D eigenvalue weighted by molar-refractivity contribution is 0.100. The lowest BCUT2D eigenvalue weighted by atomic mass is 10.1. The zero-order valence-corrected chi connectivity index (χ0v) is 17.6. The minimum atomic E-state index is -3.42. The van der Waals surface area contributed by atoms with Crippen molar-refractivity contribution >= 4 is 43.6 Å². The average Bonchev–Trinajstić information content (AvgIpc) is 3.35. The van der Waals surface area contributed by atoms with Crippen LogP contribution in [0.25, 0.3) is 44.5 Å². The monoisotopic (exact) mass is 447 g/mol. The number of aromatic amines is 2. The van der Waals surface area contributed by atoms with Gasteiger partial charge < -0.3 is 10.7 Å². The Morgan fingerprint density at radius 1 is 1.06 bits per heavy atom. The van der Waals surface area contributed by atoms with Gasteiger partial charge in [0.15, 0.2) is 5.65 Å². The minimum Gasteiger partial charge on any atom is -0.366 e. The van der Waals surface area contributed by atoms with Crippen LogP contribution in [0.1, 0.15) is 10.4 Å². The number of nitrogens with two attached hydrogens (primary N) is 1. The predicted molar refractivity (Wildman–Crippen MR) is 121 cm³/mol. The van der Waals surface area contributed by atoms with E-state index in [-0.39, 0.29) is 0 Å². The number of aromatic nitrogens is 5. The van der Waals surface area contributed by atoms with E-state index in [1.807, 2.05) is 18.2 Å². The second-order valence-corrected chi connectivity index (χ2v) is 9.09. The number of hydrogen-bond donors (Lipinski definition) is 4.